The third-order valence-corrected chi connectivity index (χ3v) is 5.01. The summed E-state index contributed by atoms with van der Waals surface area (Å²) in [5, 5.41) is 8.11. The van der Waals surface area contributed by atoms with Crippen LogP contribution in [0.5, 0.6) is 0 Å². The molecule has 0 aromatic carbocycles. The number of nitrogens with zero attached hydrogens (tertiary/aromatic N) is 4. The van der Waals surface area contributed by atoms with E-state index >= 15 is 0 Å². The van der Waals surface area contributed by atoms with E-state index in [1.54, 1.807) is 0 Å². The van der Waals surface area contributed by atoms with E-state index in [2.05, 4.69) is 46.1 Å². The Morgan fingerprint density at radius 1 is 1.35 bits per heavy atom. The maximum absolute atomic E-state index is 4.67. The van der Waals surface area contributed by atoms with Crippen LogP contribution >= 0.6 is 0 Å². The van der Waals surface area contributed by atoms with Crippen molar-refractivity contribution in [2.24, 2.45) is 0 Å². The van der Waals surface area contributed by atoms with Crippen molar-refractivity contribution in [1.82, 2.24) is 24.5 Å². The van der Waals surface area contributed by atoms with Gasteiger partial charge in [-0.25, -0.2) is 9.50 Å². The highest BCUT2D eigenvalue weighted by Gasteiger charge is 2.24. The average Bonchev–Trinajstić information content (AvgIpc) is 3.21. The smallest absolute Gasteiger partial charge is 0.143 e. The number of nitrogens with one attached hydrogen (secondary N) is 1. The standard InChI is InChI=1S/C18H23N5/c1-3-14-11-15(6-7-19-14)22-10-8-20-18(22)16-12-21-23-9-4-5-13(2)17(16)23/h4-5,8-10,12,14-15,19H,3,6-7,11H2,1-2H3/t14-,15-/m1/s1. The topological polar surface area (TPSA) is 47.2 Å². The lowest BCUT2D eigenvalue weighted by atomic mass is 9.97. The molecule has 0 spiro atoms. The van der Waals surface area contributed by atoms with E-state index in [9.17, 15) is 0 Å². The van der Waals surface area contributed by atoms with Gasteiger partial charge in [-0.1, -0.05) is 13.0 Å². The number of hydrogen-bond donors (Lipinski definition) is 1. The Balaban J connectivity index is 1.77. The Bertz CT molecular complexity index is 816. The number of aromatic nitrogens is 4. The molecule has 0 amide bonds. The number of hydrogen-bond acceptors (Lipinski definition) is 3. The fourth-order valence-corrected chi connectivity index (χ4v) is 3.74. The zero-order valence-corrected chi connectivity index (χ0v) is 13.7. The largest absolute Gasteiger partial charge is 0.328 e. The molecule has 2 atom stereocenters. The van der Waals surface area contributed by atoms with E-state index < -0.39 is 0 Å². The molecule has 3 aromatic rings. The maximum Gasteiger partial charge on any atom is 0.143 e. The Morgan fingerprint density at radius 2 is 2.26 bits per heavy atom. The van der Waals surface area contributed by atoms with Crippen LogP contribution in [-0.4, -0.2) is 31.8 Å². The number of rotatable bonds is 3. The quantitative estimate of drug-likeness (QED) is 0.808. The van der Waals surface area contributed by atoms with Crippen LogP contribution in [0.3, 0.4) is 0 Å². The zero-order chi connectivity index (χ0) is 15.8. The lowest BCUT2D eigenvalue weighted by Gasteiger charge is -2.31. The van der Waals surface area contributed by atoms with Gasteiger partial charge >= 0.3 is 0 Å². The van der Waals surface area contributed by atoms with Gasteiger partial charge in [0.15, 0.2) is 0 Å². The summed E-state index contributed by atoms with van der Waals surface area (Å²) >= 11 is 0. The van der Waals surface area contributed by atoms with Gasteiger partial charge in [0, 0.05) is 30.7 Å². The second-order valence-electron chi connectivity index (χ2n) is 6.44. The zero-order valence-electron chi connectivity index (χ0n) is 13.7. The van der Waals surface area contributed by atoms with Gasteiger partial charge in [0.2, 0.25) is 0 Å². The monoisotopic (exact) mass is 309 g/mol. The summed E-state index contributed by atoms with van der Waals surface area (Å²) in [6.07, 6.45) is 11.5. The van der Waals surface area contributed by atoms with E-state index in [0.717, 1.165) is 36.3 Å². The average molecular weight is 309 g/mol. The highest BCUT2D eigenvalue weighted by Crippen LogP contribution is 2.31. The molecule has 0 radical (unpaired) electrons. The van der Waals surface area contributed by atoms with Gasteiger partial charge in [-0.05, 0) is 44.4 Å². The van der Waals surface area contributed by atoms with Crippen LogP contribution < -0.4 is 5.32 Å². The van der Waals surface area contributed by atoms with Crippen LogP contribution in [0.1, 0.15) is 37.8 Å². The first kappa shape index (κ1) is 14.5. The molecular formula is C18H23N5. The summed E-state index contributed by atoms with van der Waals surface area (Å²) in [5.41, 5.74) is 3.51. The van der Waals surface area contributed by atoms with Crippen molar-refractivity contribution in [3.63, 3.8) is 0 Å². The van der Waals surface area contributed by atoms with Crippen molar-refractivity contribution >= 4 is 5.52 Å². The van der Waals surface area contributed by atoms with Gasteiger partial charge in [0.1, 0.15) is 5.82 Å². The fraction of sp³-hybridized carbons (Fsp3) is 0.444. The van der Waals surface area contributed by atoms with Crippen LogP contribution in [0, 0.1) is 6.92 Å². The van der Waals surface area contributed by atoms with E-state index in [1.165, 1.54) is 12.0 Å². The Hall–Kier alpha value is -2.14. The summed E-state index contributed by atoms with van der Waals surface area (Å²) in [6.45, 7) is 5.46. The molecule has 1 saturated heterocycles. The number of imidazole rings is 1. The van der Waals surface area contributed by atoms with Crippen molar-refractivity contribution in [2.75, 3.05) is 6.54 Å². The molecule has 1 fully saturated rings. The van der Waals surface area contributed by atoms with Crippen LogP contribution in [0.15, 0.2) is 36.9 Å². The lowest BCUT2D eigenvalue weighted by Crippen LogP contribution is -2.38. The summed E-state index contributed by atoms with van der Waals surface area (Å²) in [4.78, 5) is 4.67. The van der Waals surface area contributed by atoms with Crippen LogP contribution in [-0.2, 0) is 0 Å². The van der Waals surface area contributed by atoms with Crippen molar-refractivity contribution in [3.8, 4) is 11.4 Å². The number of fused-ring (bicyclic) bond motifs is 1. The van der Waals surface area contributed by atoms with E-state index in [-0.39, 0.29) is 0 Å². The molecule has 0 aliphatic carbocycles. The molecule has 0 unspecified atom stereocenters. The van der Waals surface area contributed by atoms with E-state index in [0.29, 0.717) is 12.1 Å². The van der Waals surface area contributed by atoms with Crippen LogP contribution in [0.2, 0.25) is 0 Å². The number of aryl methyl sites for hydroxylation is 1. The molecule has 5 nitrogen and oxygen atoms in total. The van der Waals surface area contributed by atoms with E-state index in [1.807, 2.05) is 29.2 Å². The van der Waals surface area contributed by atoms with Crippen molar-refractivity contribution in [1.29, 1.82) is 0 Å². The Kier molecular flexibility index (Phi) is 3.65. The molecule has 120 valence electrons. The molecular weight excluding hydrogens is 286 g/mol. The molecule has 23 heavy (non-hydrogen) atoms. The normalized spacial score (nSPS) is 21.8. The molecule has 4 heterocycles. The summed E-state index contributed by atoms with van der Waals surface area (Å²) in [5.74, 6) is 1.04. The minimum absolute atomic E-state index is 0.512. The fourth-order valence-electron chi connectivity index (χ4n) is 3.74. The van der Waals surface area contributed by atoms with Crippen molar-refractivity contribution < 1.29 is 0 Å². The third-order valence-electron chi connectivity index (χ3n) is 5.01. The molecule has 0 bridgehead atoms. The van der Waals surface area contributed by atoms with Crippen LogP contribution in [0.25, 0.3) is 16.9 Å². The van der Waals surface area contributed by atoms with Gasteiger partial charge in [0.05, 0.1) is 17.3 Å². The first-order valence-corrected chi connectivity index (χ1v) is 8.47. The molecule has 1 N–H and O–H groups in total. The summed E-state index contributed by atoms with van der Waals surface area (Å²) < 4.78 is 4.30. The Labute approximate surface area is 136 Å². The summed E-state index contributed by atoms with van der Waals surface area (Å²) in [7, 11) is 0. The van der Waals surface area contributed by atoms with Crippen molar-refractivity contribution in [3.05, 3.63) is 42.5 Å². The highest BCUT2D eigenvalue weighted by molar-refractivity contribution is 5.78. The number of pyridine rings is 1. The molecule has 4 rings (SSSR count). The first-order valence-electron chi connectivity index (χ1n) is 8.47. The second kappa shape index (κ2) is 5.81. The van der Waals surface area contributed by atoms with Gasteiger partial charge in [-0.2, -0.15) is 5.10 Å². The second-order valence-corrected chi connectivity index (χ2v) is 6.44. The highest BCUT2D eigenvalue weighted by atomic mass is 15.2. The number of piperidine rings is 1. The predicted octanol–water partition coefficient (Wildman–Crippen LogP) is 3.21. The Morgan fingerprint density at radius 3 is 3.13 bits per heavy atom. The lowest BCUT2D eigenvalue weighted by molar-refractivity contribution is 0.297. The van der Waals surface area contributed by atoms with E-state index in [4.69, 9.17) is 0 Å². The minimum atomic E-state index is 0.512. The first-order chi connectivity index (χ1) is 11.3. The third kappa shape index (κ3) is 2.45. The van der Waals surface area contributed by atoms with Crippen LogP contribution in [0.4, 0.5) is 0 Å². The van der Waals surface area contributed by atoms with Crippen molar-refractivity contribution in [2.45, 2.75) is 45.2 Å². The molecule has 0 saturated carbocycles. The summed E-state index contributed by atoms with van der Waals surface area (Å²) in [6, 6.07) is 5.28. The maximum atomic E-state index is 4.67. The van der Waals surface area contributed by atoms with Gasteiger partial charge in [-0.15, -0.1) is 0 Å². The molecule has 1 aliphatic heterocycles. The molecule has 5 heteroatoms. The predicted molar refractivity (Wildman–Crippen MR) is 91.5 cm³/mol. The molecule has 3 aromatic heterocycles. The van der Waals surface area contributed by atoms with Gasteiger partial charge in [0.25, 0.3) is 0 Å². The minimum Gasteiger partial charge on any atom is -0.328 e. The van der Waals surface area contributed by atoms with Gasteiger partial charge in [-0.3, -0.25) is 0 Å². The molecule has 1 aliphatic rings. The van der Waals surface area contributed by atoms with Gasteiger partial charge < -0.3 is 9.88 Å². The SMILES string of the molecule is CC[C@@H]1C[C@H](n2ccnc2-c2cnn3cccc(C)c23)CCN1.